The lowest BCUT2D eigenvalue weighted by Crippen LogP contribution is -2.38. The first-order chi connectivity index (χ1) is 7.61. The number of thioether (sulfide) groups is 1. The second-order valence-corrected chi connectivity index (χ2v) is 8.29. The summed E-state index contributed by atoms with van der Waals surface area (Å²) in [5.74, 6) is 1.96. The number of rotatable bonds is 6. The van der Waals surface area contributed by atoms with Crippen LogP contribution in [0.15, 0.2) is 0 Å². The van der Waals surface area contributed by atoms with E-state index in [1.165, 1.54) is 0 Å². The SMILES string of the molecule is CC(C)CN(CC(C)C)C(=O)CSC(C)(C)C. The number of amides is 1. The van der Waals surface area contributed by atoms with E-state index in [-0.39, 0.29) is 10.7 Å². The molecule has 0 rings (SSSR count). The van der Waals surface area contributed by atoms with Gasteiger partial charge in [0.05, 0.1) is 5.75 Å². The largest absolute Gasteiger partial charge is 0.341 e. The minimum atomic E-state index is 0.164. The highest BCUT2D eigenvalue weighted by molar-refractivity contribution is 8.01. The summed E-state index contributed by atoms with van der Waals surface area (Å²) in [6.07, 6.45) is 0. The van der Waals surface area contributed by atoms with Crippen molar-refractivity contribution < 1.29 is 4.79 Å². The maximum atomic E-state index is 12.2. The maximum Gasteiger partial charge on any atom is 0.232 e. The fourth-order valence-corrected chi connectivity index (χ4v) is 2.27. The predicted molar refractivity (Wildman–Crippen MR) is 78.5 cm³/mol. The molecule has 0 saturated heterocycles. The molecule has 17 heavy (non-hydrogen) atoms. The zero-order chi connectivity index (χ0) is 13.6. The van der Waals surface area contributed by atoms with Gasteiger partial charge < -0.3 is 4.90 Å². The fourth-order valence-electron chi connectivity index (χ4n) is 1.53. The Hall–Kier alpha value is -0.180. The minimum Gasteiger partial charge on any atom is -0.341 e. The molecule has 0 spiro atoms. The smallest absolute Gasteiger partial charge is 0.232 e. The summed E-state index contributed by atoms with van der Waals surface area (Å²) in [6, 6.07) is 0. The van der Waals surface area contributed by atoms with Crippen molar-refractivity contribution in [3.05, 3.63) is 0 Å². The Morgan fingerprint density at radius 3 is 1.76 bits per heavy atom. The van der Waals surface area contributed by atoms with Crippen LogP contribution in [0, 0.1) is 11.8 Å². The molecule has 0 aliphatic heterocycles. The van der Waals surface area contributed by atoms with Gasteiger partial charge in [0.15, 0.2) is 0 Å². The molecule has 102 valence electrons. The molecule has 0 N–H and O–H groups in total. The summed E-state index contributed by atoms with van der Waals surface area (Å²) in [5.41, 5.74) is 0. The first-order valence-electron chi connectivity index (χ1n) is 6.53. The molecule has 0 aromatic heterocycles. The van der Waals surface area contributed by atoms with Crippen molar-refractivity contribution in [3.63, 3.8) is 0 Å². The fraction of sp³-hybridized carbons (Fsp3) is 0.929. The Balaban J connectivity index is 4.32. The summed E-state index contributed by atoms with van der Waals surface area (Å²) >= 11 is 1.73. The molecule has 0 aliphatic rings. The summed E-state index contributed by atoms with van der Waals surface area (Å²) < 4.78 is 0.164. The van der Waals surface area contributed by atoms with Crippen LogP contribution in [0.4, 0.5) is 0 Å². The summed E-state index contributed by atoms with van der Waals surface area (Å²) in [5, 5.41) is 0. The lowest BCUT2D eigenvalue weighted by Gasteiger charge is -2.27. The normalized spacial score (nSPS) is 12.3. The van der Waals surface area contributed by atoms with Crippen molar-refractivity contribution in [2.24, 2.45) is 11.8 Å². The first-order valence-corrected chi connectivity index (χ1v) is 7.52. The van der Waals surface area contributed by atoms with E-state index < -0.39 is 0 Å². The molecule has 1 amide bonds. The average Bonchev–Trinajstić information content (AvgIpc) is 2.10. The predicted octanol–water partition coefficient (Wildman–Crippen LogP) is 3.66. The Kier molecular flexibility index (Phi) is 7.22. The molecule has 0 aliphatic carbocycles. The number of hydrogen-bond acceptors (Lipinski definition) is 2. The molecule has 0 fully saturated rings. The van der Waals surface area contributed by atoms with Crippen molar-refractivity contribution >= 4 is 17.7 Å². The lowest BCUT2D eigenvalue weighted by molar-refractivity contribution is -0.129. The van der Waals surface area contributed by atoms with Gasteiger partial charge in [0.2, 0.25) is 5.91 Å². The number of nitrogens with zero attached hydrogens (tertiary/aromatic N) is 1. The van der Waals surface area contributed by atoms with Gasteiger partial charge in [-0.3, -0.25) is 4.79 Å². The van der Waals surface area contributed by atoms with Gasteiger partial charge in [0.1, 0.15) is 0 Å². The van der Waals surface area contributed by atoms with Crippen LogP contribution in [0.1, 0.15) is 48.5 Å². The van der Waals surface area contributed by atoms with Crippen molar-refractivity contribution in [1.82, 2.24) is 4.90 Å². The van der Waals surface area contributed by atoms with Crippen LogP contribution in [0.3, 0.4) is 0 Å². The monoisotopic (exact) mass is 259 g/mol. The number of hydrogen-bond donors (Lipinski definition) is 0. The van der Waals surface area contributed by atoms with E-state index in [4.69, 9.17) is 0 Å². The highest BCUT2D eigenvalue weighted by Gasteiger charge is 2.19. The third kappa shape index (κ3) is 9.51. The van der Waals surface area contributed by atoms with E-state index in [0.29, 0.717) is 17.6 Å². The zero-order valence-corrected chi connectivity index (χ0v) is 13.4. The van der Waals surface area contributed by atoms with E-state index in [1.807, 2.05) is 4.90 Å². The van der Waals surface area contributed by atoms with Gasteiger partial charge in [0, 0.05) is 17.8 Å². The van der Waals surface area contributed by atoms with E-state index in [9.17, 15) is 4.79 Å². The molecule has 0 bridgehead atoms. The third-order valence-electron chi connectivity index (χ3n) is 2.15. The molecule has 0 unspecified atom stereocenters. The molecule has 2 nitrogen and oxygen atoms in total. The van der Waals surface area contributed by atoms with Crippen molar-refractivity contribution in [1.29, 1.82) is 0 Å². The lowest BCUT2D eigenvalue weighted by atomic mass is 10.1. The zero-order valence-electron chi connectivity index (χ0n) is 12.5. The second-order valence-electron chi connectivity index (χ2n) is 6.49. The van der Waals surface area contributed by atoms with Crippen molar-refractivity contribution in [2.75, 3.05) is 18.8 Å². The average molecular weight is 259 g/mol. The van der Waals surface area contributed by atoms with Crippen molar-refractivity contribution in [3.8, 4) is 0 Å². The summed E-state index contributed by atoms with van der Waals surface area (Å²) in [4.78, 5) is 14.2. The van der Waals surface area contributed by atoms with Gasteiger partial charge in [-0.2, -0.15) is 0 Å². The molecule has 0 atom stereocenters. The van der Waals surface area contributed by atoms with E-state index in [0.717, 1.165) is 13.1 Å². The van der Waals surface area contributed by atoms with Crippen molar-refractivity contribution in [2.45, 2.75) is 53.2 Å². The molecule has 0 radical (unpaired) electrons. The maximum absolute atomic E-state index is 12.2. The topological polar surface area (TPSA) is 20.3 Å². The Bertz CT molecular complexity index is 221. The van der Waals surface area contributed by atoms with Gasteiger partial charge in [0.25, 0.3) is 0 Å². The van der Waals surface area contributed by atoms with Gasteiger partial charge in [-0.1, -0.05) is 48.5 Å². The first kappa shape index (κ1) is 16.8. The summed E-state index contributed by atoms with van der Waals surface area (Å²) in [6.45, 7) is 16.9. The van der Waals surface area contributed by atoms with Gasteiger partial charge in [-0.15, -0.1) is 11.8 Å². The Morgan fingerprint density at radius 2 is 1.47 bits per heavy atom. The highest BCUT2D eigenvalue weighted by atomic mass is 32.2. The van der Waals surface area contributed by atoms with Crippen LogP contribution in [-0.2, 0) is 4.79 Å². The molecule has 0 heterocycles. The van der Waals surface area contributed by atoms with Crippen LogP contribution >= 0.6 is 11.8 Å². The highest BCUT2D eigenvalue weighted by Crippen LogP contribution is 2.23. The molecule has 0 aromatic carbocycles. The summed E-state index contributed by atoms with van der Waals surface area (Å²) in [7, 11) is 0. The van der Waals surface area contributed by atoms with Gasteiger partial charge in [-0.05, 0) is 11.8 Å². The van der Waals surface area contributed by atoms with Crippen LogP contribution in [0.5, 0.6) is 0 Å². The minimum absolute atomic E-state index is 0.164. The van der Waals surface area contributed by atoms with Gasteiger partial charge in [-0.25, -0.2) is 0 Å². The quantitative estimate of drug-likeness (QED) is 0.725. The third-order valence-corrected chi connectivity index (χ3v) is 3.41. The van der Waals surface area contributed by atoms with Crippen LogP contribution in [0.2, 0.25) is 0 Å². The van der Waals surface area contributed by atoms with E-state index >= 15 is 0 Å². The van der Waals surface area contributed by atoms with Crippen LogP contribution in [-0.4, -0.2) is 34.4 Å². The molecule has 0 saturated carbocycles. The molecule has 0 aromatic rings. The van der Waals surface area contributed by atoms with Gasteiger partial charge >= 0.3 is 0 Å². The van der Waals surface area contributed by atoms with E-state index in [2.05, 4.69) is 48.5 Å². The Labute approximate surface area is 112 Å². The standard InChI is InChI=1S/C14H29NOS/c1-11(2)8-15(9-12(3)4)13(16)10-17-14(5,6)7/h11-12H,8-10H2,1-7H3. The molecular weight excluding hydrogens is 230 g/mol. The Morgan fingerprint density at radius 1 is 1.06 bits per heavy atom. The van der Waals surface area contributed by atoms with Crippen LogP contribution < -0.4 is 0 Å². The van der Waals surface area contributed by atoms with Crippen LogP contribution in [0.25, 0.3) is 0 Å². The van der Waals surface area contributed by atoms with E-state index in [1.54, 1.807) is 11.8 Å². The second kappa shape index (κ2) is 7.30. The molecule has 3 heteroatoms. The number of carbonyl (C=O) groups excluding carboxylic acids is 1. The molecular formula is C14H29NOS. The number of carbonyl (C=O) groups is 1.